The molecule has 0 aromatic heterocycles. The molecule has 0 atom stereocenters. The van der Waals surface area contributed by atoms with E-state index in [0.717, 1.165) is 8.90 Å². The van der Waals surface area contributed by atoms with Gasteiger partial charge >= 0.3 is 99.0 Å². The first-order chi connectivity index (χ1) is 6.33. The van der Waals surface area contributed by atoms with Crippen molar-refractivity contribution in [2.24, 2.45) is 0 Å². The Morgan fingerprint density at radius 1 is 1.38 bits per heavy atom. The molecule has 70 valence electrons. The number of aliphatic hydroxyl groups is 1. The van der Waals surface area contributed by atoms with E-state index in [1.165, 1.54) is 5.56 Å². The minimum atomic E-state index is 0.178. The second-order valence-corrected chi connectivity index (χ2v) is 5.70. The van der Waals surface area contributed by atoms with Gasteiger partial charge in [0, 0.05) is 0 Å². The van der Waals surface area contributed by atoms with Gasteiger partial charge in [-0.3, -0.25) is 0 Å². The summed E-state index contributed by atoms with van der Waals surface area (Å²) in [5.74, 6) is 0. The van der Waals surface area contributed by atoms with Gasteiger partial charge in [-0.15, -0.1) is 0 Å². The zero-order valence-electron chi connectivity index (χ0n) is 7.11. The summed E-state index contributed by atoms with van der Waals surface area (Å²) >= 11 is 2.65. The molecule has 0 fully saturated rings. The van der Waals surface area contributed by atoms with Crippen LogP contribution in [0.4, 0.5) is 0 Å². The number of hydrogen-bond donors (Lipinski definition) is 1. The Kier molecular flexibility index (Phi) is 5.71. The van der Waals surface area contributed by atoms with E-state index in [2.05, 4.69) is 51.8 Å². The standard InChI is InChI=1S/C10H11IOSe/c11-10(6-12)8-13-7-9-4-2-1-3-5-9/h1-5,8,12H,6-7H2/b10-8-. The fourth-order valence-electron chi connectivity index (χ4n) is 0.840. The molecule has 1 aromatic rings. The second-order valence-electron chi connectivity index (χ2n) is 2.52. The third-order valence-corrected chi connectivity index (χ3v) is 5.05. The molecule has 0 unspecified atom stereocenters. The van der Waals surface area contributed by atoms with Crippen LogP contribution < -0.4 is 0 Å². The van der Waals surface area contributed by atoms with Crippen molar-refractivity contribution in [2.45, 2.75) is 5.32 Å². The average Bonchev–Trinajstić information content (AvgIpc) is 2.19. The molecule has 0 aliphatic carbocycles. The first kappa shape index (κ1) is 11.2. The van der Waals surface area contributed by atoms with Gasteiger partial charge in [-0.25, -0.2) is 0 Å². The normalized spacial score (nSPS) is 11.7. The van der Waals surface area contributed by atoms with Gasteiger partial charge in [-0.2, -0.15) is 0 Å². The van der Waals surface area contributed by atoms with Gasteiger partial charge in [-0.05, 0) is 0 Å². The van der Waals surface area contributed by atoms with E-state index < -0.39 is 0 Å². The van der Waals surface area contributed by atoms with Crippen molar-refractivity contribution in [1.29, 1.82) is 0 Å². The molecule has 1 N–H and O–H groups in total. The molecule has 13 heavy (non-hydrogen) atoms. The van der Waals surface area contributed by atoms with Crippen LogP contribution in [-0.4, -0.2) is 26.7 Å². The average molecular weight is 353 g/mol. The minimum absolute atomic E-state index is 0.178. The molecule has 0 spiro atoms. The van der Waals surface area contributed by atoms with Crippen molar-refractivity contribution in [1.82, 2.24) is 0 Å². The van der Waals surface area contributed by atoms with E-state index in [4.69, 9.17) is 5.11 Å². The van der Waals surface area contributed by atoms with Crippen molar-refractivity contribution < 1.29 is 5.11 Å². The maximum atomic E-state index is 8.77. The van der Waals surface area contributed by atoms with Gasteiger partial charge in [0.25, 0.3) is 0 Å². The van der Waals surface area contributed by atoms with Crippen molar-refractivity contribution in [2.75, 3.05) is 6.61 Å². The first-order valence-corrected chi connectivity index (χ1v) is 7.22. The van der Waals surface area contributed by atoms with Gasteiger partial charge in [0.1, 0.15) is 0 Å². The molecule has 1 nitrogen and oxygen atoms in total. The van der Waals surface area contributed by atoms with Gasteiger partial charge in [0.05, 0.1) is 0 Å². The summed E-state index contributed by atoms with van der Waals surface area (Å²) in [5, 5.41) is 9.88. The molecular formula is C10H11IOSe. The van der Waals surface area contributed by atoms with Crippen LogP contribution in [0.3, 0.4) is 0 Å². The van der Waals surface area contributed by atoms with Crippen LogP contribution in [0, 0.1) is 0 Å². The van der Waals surface area contributed by atoms with Crippen molar-refractivity contribution >= 4 is 37.5 Å². The van der Waals surface area contributed by atoms with Gasteiger partial charge < -0.3 is 0 Å². The number of hydrogen-bond acceptors (Lipinski definition) is 1. The fourth-order valence-corrected chi connectivity index (χ4v) is 3.29. The molecular weight excluding hydrogens is 342 g/mol. The molecule has 1 aromatic carbocycles. The Labute approximate surface area is 98.5 Å². The molecule has 0 amide bonds. The molecule has 3 heteroatoms. The Bertz CT molecular complexity index is 272. The maximum absolute atomic E-state index is 8.77. The van der Waals surface area contributed by atoms with Crippen LogP contribution in [0.5, 0.6) is 0 Å². The van der Waals surface area contributed by atoms with Crippen molar-refractivity contribution in [3.8, 4) is 0 Å². The molecule has 0 saturated heterocycles. The molecule has 1 rings (SSSR count). The summed E-state index contributed by atoms with van der Waals surface area (Å²) < 4.78 is 1.05. The summed E-state index contributed by atoms with van der Waals surface area (Å²) in [6.07, 6.45) is 0. The van der Waals surface area contributed by atoms with Gasteiger partial charge in [-0.1, -0.05) is 0 Å². The van der Waals surface area contributed by atoms with E-state index >= 15 is 0 Å². The first-order valence-electron chi connectivity index (χ1n) is 3.94. The molecule has 0 heterocycles. The summed E-state index contributed by atoms with van der Waals surface area (Å²) in [4.78, 5) is 2.14. The van der Waals surface area contributed by atoms with E-state index in [1.807, 2.05) is 6.07 Å². The monoisotopic (exact) mass is 354 g/mol. The molecule has 0 saturated carbocycles. The topological polar surface area (TPSA) is 20.2 Å². The molecule has 0 bridgehead atoms. The number of aliphatic hydroxyl groups excluding tert-OH is 1. The SMILES string of the molecule is OC/C(I)=C/[Se]Cc1ccccc1. The predicted octanol–water partition coefficient (Wildman–Crippen LogP) is 2.16. The van der Waals surface area contributed by atoms with Gasteiger partial charge in [0.2, 0.25) is 0 Å². The van der Waals surface area contributed by atoms with E-state index in [1.54, 1.807) is 0 Å². The van der Waals surface area contributed by atoms with Crippen LogP contribution in [0.1, 0.15) is 5.56 Å². The van der Waals surface area contributed by atoms with Crippen LogP contribution in [0.25, 0.3) is 0 Å². The van der Waals surface area contributed by atoms with E-state index in [-0.39, 0.29) is 6.61 Å². The van der Waals surface area contributed by atoms with Crippen LogP contribution in [0.15, 0.2) is 38.9 Å². The van der Waals surface area contributed by atoms with E-state index in [9.17, 15) is 0 Å². The van der Waals surface area contributed by atoms with Crippen LogP contribution in [0.2, 0.25) is 0 Å². The number of halogens is 1. The molecule has 0 aliphatic rings. The number of benzene rings is 1. The zero-order chi connectivity index (χ0) is 9.52. The quantitative estimate of drug-likeness (QED) is 0.650. The van der Waals surface area contributed by atoms with Gasteiger partial charge in [0.15, 0.2) is 0 Å². The third-order valence-electron chi connectivity index (χ3n) is 1.46. The molecule has 0 aliphatic heterocycles. The summed E-state index contributed by atoms with van der Waals surface area (Å²) in [6.45, 7) is 0.178. The Hall–Kier alpha value is 0.169. The van der Waals surface area contributed by atoms with Crippen LogP contribution in [-0.2, 0) is 5.32 Å². The summed E-state index contributed by atoms with van der Waals surface area (Å²) in [5.41, 5.74) is 1.38. The summed E-state index contributed by atoms with van der Waals surface area (Å²) in [7, 11) is 0. The fraction of sp³-hybridized carbons (Fsp3) is 0.200. The predicted molar refractivity (Wildman–Crippen MR) is 65.1 cm³/mol. The van der Waals surface area contributed by atoms with Crippen molar-refractivity contribution in [3.63, 3.8) is 0 Å². The van der Waals surface area contributed by atoms with E-state index in [0.29, 0.717) is 15.0 Å². The third kappa shape index (κ3) is 4.81. The summed E-state index contributed by atoms with van der Waals surface area (Å²) in [6, 6.07) is 10.4. The molecule has 0 radical (unpaired) electrons. The van der Waals surface area contributed by atoms with Crippen LogP contribution >= 0.6 is 22.6 Å². The zero-order valence-corrected chi connectivity index (χ0v) is 11.0. The van der Waals surface area contributed by atoms with Crippen molar-refractivity contribution in [3.05, 3.63) is 44.4 Å². The Balaban J connectivity index is 2.36. The number of rotatable bonds is 4. The second kappa shape index (κ2) is 6.60. The Morgan fingerprint density at radius 2 is 2.08 bits per heavy atom. The Morgan fingerprint density at radius 3 is 2.69 bits per heavy atom.